The molecular weight excluding hydrogens is 909 g/mol. The normalized spacial score (nSPS) is 13.8. The number of rotatable bonds is 7. The van der Waals surface area contributed by atoms with Gasteiger partial charge in [0.2, 0.25) is 0 Å². The van der Waals surface area contributed by atoms with Crippen molar-refractivity contribution in [3.8, 4) is 61.3 Å². The fourth-order valence-electron chi connectivity index (χ4n) is 13.0. The molecule has 15 rings (SSSR count). The van der Waals surface area contributed by atoms with Gasteiger partial charge in [-0.15, -0.1) is 0 Å². The third-order valence-corrected chi connectivity index (χ3v) is 16.8. The van der Waals surface area contributed by atoms with Crippen LogP contribution in [0.4, 0.5) is 17.1 Å². The van der Waals surface area contributed by atoms with Crippen molar-refractivity contribution in [2.75, 3.05) is 4.90 Å². The van der Waals surface area contributed by atoms with Gasteiger partial charge in [-0.2, -0.15) is 0 Å². The summed E-state index contributed by atoms with van der Waals surface area (Å²) in [5, 5.41) is 4.63. The zero-order valence-corrected chi connectivity index (χ0v) is 42.4. The van der Waals surface area contributed by atoms with Crippen LogP contribution in [0.5, 0.6) is 0 Å². The molecule has 2 heterocycles. The molecule has 356 valence electrons. The second-order valence-corrected chi connectivity index (χ2v) is 21.7. The maximum atomic E-state index is 6.85. The minimum atomic E-state index is -0.243. The van der Waals surface area contributed by atoms with E-state index >= 15 is 0 Å². The van der Waals surface area contributed by atoms with Crippen LogP contribution in [-0.2, 0) is 10.8 Å². The number of fused-ring (bicyclic) bond motifs is 12. The number of benzene rings is 11. The first kappa shape index (κ1) is 43.4. The lowest BCUT2D eigenvalue weighted by molar-refractivity contribution is 0.660. The summed E-state index contributed by atoms with van der Waals surface area (Å²) in [5.74, 6) is 0. The van der Waals surface area contributed by atoms with Crippen LogP contribution in [0.3, 0.4) is 0 Å². The molecule has 0 N–H and O–H groups in total. The molecule has 0 radical (unpaired) electrons. The average molecular weight is 961 g/mol. The summed E-state index contributed by atoms with van der Waals surface area (Å²) in [6.07, 6.45) is 0. The summed E-state index contributed by atoms with van der Waals surface area (Å²) < 4.78 is 9.23. The maximum absolute atomic E-state index is 6.85. The van der Waals surface area contributed by atoms with Crippen molar-refractivity contribution >= 4 is 60.8 Å². The quantitative estimate of drug-likeness (QED) is 0.159. The topological polar surface area (TPSA) is 21.3 Å². The Morgan fingerprint density at radius 2 is 0.800 bits per heavy atom. The standard InChI is InChI=1S/C72H52N2O/c1-71(2)61-41-49(45-17-8-5-9-18-45)27-33-54(61)56-35-31-52(43-63(56)71)73(53-32-36-57-55-34-28-50(46-19-10-6-11-20-46)42-62(55)72(3,4)64(57)44-53)67-25-16-26-69-70(67)60-40-48(30-38-68(60)75-69)47-29-37-66-59(39-47)58-23-14-15-24-65(58)74(66)51-21-12-7-13-22-51/h5-44H,1-4H3. The highest BCUT2D eigenvalue weighted by Crippen LogP contribution is 2.55. The molecule has 0 fully saturated rings. The van der Waals surface area contributed by atoms with Gasteiger partial charge >= 0.3 is 0 Å². The molecule has 0 spiro atoms. The largest absolute Gasteiger partial charge is 0.456 e. The predicted molar refractivity (Wildman–Crippen MR) is 314 cm³/mol. The van der Waals surface area contributed by atoms with E-state index in [-0.39, 0.29) is 10.8 Å². The van der Waals surface area contributed by atoms with E-state index in [0.29, 0.717) is 0 Å². The van der Waals surface area contributed by atoms with Crippen LogP contribution in [0.2, 0.25) is 0 Å². The van der Waals surface area contributed by atoms with Crippen LogP contribution in [0.1, 0.15) is 49.9 Å². The van der Waals surface area contributed by atoms with Gasteiger partial charge in [0.25, 0.3) is 0 Å². The molecule has 2 aliphatic carbocycles. The van der Waals surface area contributed by atoms with E-state index in [1.165, 1.54) is 88.6 Å². The van der Waals surface area contributed by atoms with Crippen LogP contribution < -0.4 is 4.90 Å². The van der Waals surface area contributed by atoms with Crippen molar-refractivity contribution in [1.29, 1.82) is 0 Å². The predicted octanol–water partition coefficient (Wildman–Crippen LogP) is 19.8. The minimum Gasteiger partial charge on any atom is -0.456 e. The summed E-state index contributed by atoms with van der Waals surface area (Å²) in [4.78, 5) is 2.50. The van der Waals surface area contributed by atoms with E-state index in [4.69, 9.17) is 4.42 Å². The lowest BCUT2D eigenvalue weighted by Crippen LogP contribution is -2.18. The van der Waals surface area contributed by atoms with Crippen molar-refractivity contribution in [3.63, 3.8) is 0 Å². The van der Waals surface area contributed by atoms with E-state index < -0.39 is 0 Å². The Hall–Kier alpha value is -9.18. The highest BCUT2D eigenvalue weighted by atomic mass is 16.3. The van der Waals surface area contributed by atoms with Gasteiger partial charge in [-0.05, 0) is 169 Å². The molecule has 0 atom stereocenters. The Morgan fingerprint density at radius 1 is 0.333 bits per heavy atom. The second-order valence-electron chi connectivity index (χ2n) is 21.7. The molecule has 3 nitrogen and oxygen atoms in total. The molecule has 0 saturated carbocycles. The number of aromatic nitrogens is 1. The van der Waals surface area contributed by atoms with Crippen molar-refractivity contribution in [2.45, 2.75) is 38.5 Å². The van der Waals surface area contributed by atoms with Crippen molar-refractivity contribution in [1.82, 2.24) is 4.57 Å². The molecule has 2 aromatic heterocycles. The highest BCUT2D eigenvalue weighted by molar-refractivity contribution is 6.15. The van der Waals surface area contributed by atoms with Gasteiger partial charge in [0.15, 0.2) is 0 Å². The van der Waals surface area contributed by atoms with Gasteiger partial charge < -0.3 is 13.9 Å². The Balaban J connectivity index is 0.910. The third kappa shape index (κ3) is 6.54. The monoisotopic (exact) mass is 960 g/mol. The Kier molecular flexibility index (Phi) is 9.35. The number of hydrogen-bond acceptors (Lipinski definition) is 2. The van der Waals surface area contributed by atoms with E-state index in [1.807, 2.05) is 0 Å². The summed E-state index contributed by atoms with van der Waals surface area (Å²) in [7, 11) is 0. The van der Waals surface area contributed by atoms with Gasteiger partial charge in [0.1, 0.15) is 11.2 Å². The van der Waals surface area contributed by atoms with Gasteiger partial charge in [0.05, 0.1) is 22.1 Å². The molecule has 0 bridgehead atoms. The molecule has 0 saturated heterocycles. The Morgan fingerprint density at radius 3 is 1.40 bits per heavy atom. The summed E-state index contributed by atoms with van der Waals surface area (Å²) in [6, 6.07) is 89.6. The molecule has 0 amide bonds. The van der Waals surface area contributed by atoms with Gasteiger partial charge in [-0.1, -0.05) is 179 Å². The summed E-state index contributed by atoms with van der Waals surface area (Å²) >= 11 is 0. The fraction of sp³-hybridized carbons (Fsp3) is 0.0833. The van der Waals surface area contributed by atoms with Crippen LogP contribution in [0.25, 0.3) is 105 Å². The van der Waals surface area contributed by atoms with Gasteiger partial charge in [0, 0.05) is 44.1 Å². The number of anilines is 3. The molecule has 3 heteroatoms. The molecule has 11 aromatic carbocycles. The fourth-order valence-corrected chi connectivity index (χ4v) is 13.0. The number of furan rings is 1. The van der Waals surface area contributed by atoms with Crippen molar-refractivity contribution in [3.05, 3.63) is 265 Å². The Bertz CT molecular complexity index is 4310. The van der Waals surface area contributed by atoms with Crippen LogP contribution in [0.15, 0.2) is 247 Å². The van der Waals surface area contributed by atoms with Gasteiger partial charge in [-0.25, -0.2) is 0 Å². The third-order valence-electron chi connectivity index (χ3n) is 16.8. The zero-order valence-electron chi connectivity index (χ0n) is 42.4. The lowest BCUT2D eigenvalue weighted by atomic mass is 9.81. The summed E-state index contributed by atoms with van der Waals surface area (Å²) in [6.45, 7) is 9.56. The molecular formula is C72H52N2O. The summed E-state index contributed by atoms with van der Waals surface area (Å²) in [5.41, 5.74) is 25.9. The van der Waals surface area contributed by atoms with Crippen molar-refractivity contribution in [2.24, 2.45) is 0 Å². The molecule has 75 heavy (non-hydrogen) atoms. The number of para-hydroxylation sites is 2. The number of nitrogens with zero attached hydrogens (tertiary/aromatic N) is 2. The maximum Gasteiger partial charge on any atom is 0.137 e. The highest BCUT2D eigenvalue weighted by Gasteiger charge is 2.39. The van der Waals surface area contributed by atoms with E-state index in [0.717, 1.165) is 55.8 Å². The van der Waals surface area contributed by atoms with Crippen LogP contribution in [0, 0.1) is 0 Å². The smallest absolute Gasteiger partial charge is 0.137 e. The lowest BCUT2D eigenvalue weighted by Gasteiger charge is -2.30. The van der Waals surface area contributed by atoms with E-state index in [1.54, 1.807) is 0 Å². The van der Waals surface area contributed by atoms with E-state index in [9.17, 15) is 0 Å². The number of hydrogen-bond donors (Lipinski definition) is 0. The minimum absolute atomic E-state index is 0.243. The average Bonchev–Trinajstić information content (AvgIpc) is 4.14. The zero-order chi connectivity index (χ0) is 50.2. The Labute approximate surface area is 437 Å². The van der Waals surface area contributed by atoms with E-state index in [2.05, 4.69) is 280 Å². The van der Waals surface area contributed by atoms with Gasteiger partial charge in [-0.3, -0.25) is 0 Å². The SMILES string of the molecule is CC1(C)c2cc(-c3ccccc3)ccc2-c2ccc(N(c3ccc4c(c3)C(C)(C)c3cc(-c5ccccc5)ccc3-4)c3cccc4oc5ccc(-c6ccc7c(c6)c6ccccc6n7-c6ccccc6)cc5c34)cc21. The second kappa shape index (κ2) is 16.2. The first-order valence-corrected chi connectivity index (χ1v) is 26.2. The first-order chi connectivity index (χ1) is 36.7. The van der Waals surface area contributed by atoms with Crippen LogP contribution in [-0.4, -0.2) is 4.57 Å². The molecule has 0 aliphatic heterocycles. The van der Waals surface area contributed by atoms with Crippen molar-refractivity contribution < 1.29 is 4.42 Å². The molecule has 0 unspecified atom stereocenters. The molecule has 2 aliphatic rings. The first-order valence-electron chi connectivity index (χ1n) is 26.2. The molecule has 13 aromatic rings. The van der Waals surface area contributed by atoms with Crippen LogP contribution >= 0.6 is 0 Å².